The van der Waals surface area contributed by atoms with Gasteiger partial charge in [0.2, 0.25) is 0 Å². The SMILES string of the molecule is Nc1cc(C(=O)O)ccc1Nc1cc(Cl)ccc1Br. The Labute approximate surface area is 123 Å². The largest absolute Gasteiger partial charge is 0.478 e. The van der Waals surface area contributed by atoms with Crippen molar-refractivity contribution in [2.24, 2.45) is 0 Å². The minimum absolute atomic E-state index is 0.146. The molecule has 4 nitrogen and oxygen atoms in total. The van der Waals surface area contributed by atoms with Crippen molar-refractivity contribution < 1.29 is 9.90 Å². The number of benzene rings is 2. The van der Waals surface area contributed by atoms with Crippen LogP contribution in [-0.4, -0.2) is 11.1 Å². The van der Waals surface area contributed by atoms with E-state index in [9.17, 15) is 4.79 Å². The van der Waals surface area contributed by atoms with Crippen molar-refractivity contribution in [2.45, 2.75) is 0 Å². The highest BCUT2D eigenvalue weighted by atomic mass is 79.9. The van der Waals surface area contributed by atoms with Gasteiger partial charge >= 0.3 is 5.97 Å². The molecule has 0 unspecified atom stereocenters. The van der Waals surface area contributed by atoms with Gasteiger partial charge in [-0.15, -0.1) is 0 Å². The van der Waals surface area contributed by atoms with Crippen LogP contribution in [0.5, 0.6) is 0 Å². The number of carboxylic acids is 1. The van der Waals surface area contributed by atoms with Gasteiger partial charge in [-0.05, 0) is 52.3 Å². The highest BCUT2D eigenvalue weighted by molar-refractivity contribution is 9.10. The molecule has 0 saturated heterocycles. The van der Waals surface area contributed by atoms with Crippen LogP contribution in [0.25, 0.3) is 0 Å². The van der Waals surface area contributed by atoms with Gasteiger partial charge in [0.15, 0.2) is 0 Å². The van der Waals surface area contributed by atoms with Gasteiger partial charge in [-0.1, -0.05) is 11.6 Å². The molecule has 2 aromatic rings. The van der Waals surface area contributed by atoms with Crippen LogP contribution in [0.2, 0.25) is 5.02 Å². The van der Waals surface area contributed by atoms with Crippen LogP contribution >= 0.6 is 27.5 Å². The predicted molar refractivity (Wildman–Crippen MR) is 80.2 cm³/mol. The fourth-order valence-electron chi connectivity index (χ4n) is 1.55. The summed E-state index contributed by atoms with van der Waals surface area (Å²) in [6.07, 6.45) is 0. The van der Waals surface area contributed by atoms with Gasteiger partial charge in [-0.2, -0.15) is 0 Å². The molecule has 0 aliphatic rings. The fourth-order valence-corrected chi connectivity index (χ4v) is 2.07. The van der Waals surface area contributed by atoms with E-state index in [1.807, 2.05) is 6.07 Å². The Morgan fingerprint density at radius 2 is 1.95 bits per heavy atom. The molecule has 0 saturated carbocycles. The van der Waals surface area contributed by atoms with E-state index in [2.05, 4.69) is 21.2 Å². The maximum absolute atomic E-state index is 10.8. The van der Waals surface area contributed by atoms with Gasteiger partial charge in [0.05, 0.1) is 22.6 Å². The number of carbonyl (C=O) groups is 1. The van der Waals surface area contributed by atoms with Crippen molar-refractivity contribution in [1.29, 1.82) is 0 Å². The number of hydrogen-bond donors (Lipinski definition) is 3. The molecule has 0 aliphatic heterocycles. The minimum Gasteiger partial charge on any atom is -0.478 e. The molecule has 0 bridgehead atoms. The molecule has 0 aliphatic carbocycles. The van der Waals surface area contributed by atoms with E-state index in [4.69, 9.17) is 22.4 Å². The van der Waals surface area contributed by atoms with Gasteiger partial charge in [0.1, 0.15) is 0 Å². The highest BCUT2D eigenvalue weighted by Gasteiger charge is 2.08. The number of nitrogen functional groups attached to an aromatic ring is 1. The zero-order chi connectivity index (χ0) is 14.0. The normalized spacial score (nSPS) is 10.2. The summed E-state index contributed by atoms with van der Waals surface area (Å²) in [7, 11) is 0. The number of anilines is 3. The number of nitrogens with two attached hydrogens (primary N) is 1. The van der Waals surface area contributed by atoms with Crippen LogP contribution in [0, 0.1) is 0 Å². The molecule has 4 N–H and O–H groups in total. The van der Waals surface area contributed by atoms with Crippen molar-refractivity contribution >= 4 is 50.6 Å². The van der Waals surface area contributed by atoms with E-state index in [1.165, 1.54) is 12.1 Å². The topological polar surface area (TPSA) is 75.4 Å². The molecule has 98 valence electrons. The maximum atomic E-state index is 10.8. The Bertz CT molecular complexity index is 647. The molecule has 0 radical (unpaired) electrons. The molecule has 0 aromatic heterocycles. The van der Waals surface area contributed by atoms with Crippen molar-refractivity contribution in [2.75, 3.05) is 11.1 Å². The quantitative estimate of drug-likeness (QED) is 0.734. The summed E-state index contributed by atoms with van der Waals surface area (Å²) in [6, 6.07) is 9.82. The lowest BCUT2D eigenvalue weighted by atomic mass is 10.1. The van der Waals surface area contributed by atoms with E-state index < -0.39 is 5.97 Å². The number of nitrogens with one attached hydrogen (secondary N) is 1. The first-order valence-corrected chi connectivity index (χ1v) is 6.49. The van der Waals surface area contributed by atoms with Gasteiger partial charge in [-0.3, -0.25) is 0 Å². The van der Waals surface area contributed by atoms with Gasteiger partial charge in [0.25, 0.3) is 0 Å². The van der Waals surface area contributed by atoms with Gasteiger partial charge < -0.3 is 16.2 Å². The number of aromatic carboxylic acids is 1. The molecule has 0 fully saturated rings. The summed E-state index contributed by atoms with van der Waals surface area (Å²) < 4.78 is 0.832. The Balaban J connectivity index is 2.33. The average molecular weight is 342 g/mol. The minimum atomic E-state index is -1.01. The molecular weight excluding hydrogens is 332 g/mol. The molecule has 19 heavy (non-hydrogen) atoms. The molecular formula is C13H10BrClN2O2. The Kier molecular flexibility index (Phi) is 3.97. The molecule has 0 atom stereocenters. The van der Waals surface area contributed by atoms with Crippen LogP contribution < -0.4 is 11.1 Å². The van der Waals surface area contributed by atoms with Gasteiger partial charge in [0, 0.05) is 9.50 Å². The van der Waals surface area contributed by atoms with Crippen LogP contribution in [0.1, 0.15) is 10.4 Å². The van der Waals surface area contributed by atoms with E-state index in [1.54, 1.807) is 18.2 Å². The summed E-state index contributed by atoms with van der Waals surface area (Å²) >= 11 is 9.31. The third-order valence-electron chi connectivity index (χ3n) is 2.50. The predicted octanol–water partition coefficient (Wildman–Crippen LogP) is 4.13. The first-order chi connectivity index (χ1) is 8.97. The smallest absolute Gasteiger partial charge is 0.335 e. The van der Waals surface area contributed by atoms with Crippen LogP contribution in [0.3, 0.4) is 0 Å². The average Bonchev–Trinajstić information content (AvgIpc) is 2.36. The molecule has 0 amide bonds. The van der Waals surface area contributed by atoms with Crippen LogP contribution in [0.4, 0.5) is 17.1 Å². The van der Waals surface area contributed by atoms with Crippen molar-refractivity contribution in [3.05, 3.63) is 51.5 Å². The monoisotopic (exact) mass is 340 g/mol. The second kappa shape index (κ2) is 5.50. The lowest BCUT2D eigenvalue weighted by Crippen LogP contribution is -2.01. The van der Waals surface area contributed by atoms with Crippen molar-refractivity contribution in [3.63, 3.8) is 0 Å². The molecule has 2 aromatic carbocycles. The van der Waals surface area contributed by atoms with E-state index >= 15 is 0 Å². The molecule has 6 heteroatoms. The fraction of sp³-hybridized carbons (Fsp3) is 0. The van der Waals surface area contributed by atoms with Crippen LogP contribution in [0.15, 0.2) is 40.9 Å². The summed E-state index contributed by atoms with van der Waals surface area (Å²) in [5.41, 5.74) is 7.69. The summed E-state index contributed by atoms with van der Waals surface area (Å²) in [5, 5.41) is 12.6. The maximum Gasteiger partial charge on any atom is 0.335 e. The second-order valence-corrected chi connectivity index (χ2v) is 5.15. The number of rotatable bonds is 3. The number of carboxylic acid groups (broad SMARTS) is 1. The standard InChI is InChI=1S/C13H10BrClN2O2/c14-9-3-2-8(15)6-12(9)17-11-4-1-7(13(18)19)5-10(11)16/h1-6,17H,16H2,(H,18,19). The van der Waals surface area contributed by atoms with Crippen LogP contribution in [-0.2, 0) is 0 Å². The number of hydrogen-bond acceptors (Lipinski definition) is 3. The molecule has 2 rings (SSSR count). The van der Waals surface area contributed by atoms with E-state index in [0.29, 0.717) is 16.4 Å². The zero-order valence-corrected chi connectivity index (χ0v) is 12.0. The Morgan fingerprint density at radius 1 is 1.21 bits per heavy atom. The lowest BCUT2D eigenvalue weighted by Gasteiger charge is -2.11. The zero-order valence-electron chi connectivity index (χ0n) is 9.65. The summed E-state index contributed by atoms with van der Waals surface area (Å²) in [4.78, 5) is 10.8. The molecule has 0 heterocycles. The summed E-state index contributed by atoms with van der Waals surface area (Å²) in [6.45, 7) is 0. The van der Waals surface area contributed by atoms with Gasteiger partial charge in [-0.25, -0.2) is 4.79 Å². The third-order valence-corrected chi connectivity index (χ3v) is 3.42. The Hall–Kier alpha value is -1.72. The first kappa shape index (κ1) is 13.7. The van der Waals surface area contributed by atoms with E-state index in [-0.39, 0.29) is 5.56 Å². The lowest BCUT2D eigenvalue weighted by molar-refractivity contribution is 0.0697. The first-order valence-electron chi connectivity index (χ1n) is 5.32. The third kappa shape index (κ3) is 3.19. The number of halogens is 2. The van der Waals surface area contributed by atoms with E-state index in [0.717, 1.165) is 10.2 Å². The summed E-state index contributed by atoms with van der Waals surface area (Å²) in [5.74, 6) is -1.01. The van der Waals surface area contributed by atoms with Crippen molar-refractivity contribution in [3.8, 4) is 0 Å². The van der Waals surface area contributed by atoms with Crippen molar-refractivity contribution in [1.82, 2.24) is 0 Å². The highest BCUT2D eigenvalue weighted by Crippen LogP contribution is 2.31. The Morgan fingerprint density at radius 3 is 2.58 bits per heavy atom. The molecule has 0 spiro atoms. The second-order valence-electron chi connectivity index (χ2n) is 3.86.